The van der Waals surface area contributed by atoms with E-state index in [0.29, 0.717) is 26.1 Å². The molecule has 3 nitrogen and oxygen atoms in total. The Morgan fingerprint density at radius 3 is 2.67 bits per heavy atom. The fraction of sp³-hybridized carbons (Fsp3) is 1.00. The van der Waals surface area contributed by atoms with Crippen molar-refractivity contribution in [1.82, 2.24) is 5.32 Å². The number of ether oxygens (including phenoxy) is 2. The minimum Gasteiger partial charge on any atom is -0.382 e. The van der Waals surface area contributed by atoms with E-state index in [2.05, 4.69) is 5.32 Å². The van der Waals surface area contributed by atoms with E-state index >= 15 is 0 Å². The molecule has 0 aliphatic carbocycles. The molecule has 0 saturated heterocycles. The molecule has 0 aromatic carbocycles. The lowest BCUT2D eigenvalue weighted by molar-refractivity contribution is 0.0290. The topological polar surface area (TPSA) is 30.5 Å². The van der Waals surface area contributed by atoms with Gasteiger partial charge >= 0.3 is 0 Å². The van der Waals surface area contributed by atoms with Crippen LogP contribution in [0.5, 0.6) is 0 Å². The molecular formula is C8H18FNO2. The average Bonchev–Trinajstić information content (AvgIpc) is 2.10. The maximum absolute atomic E-state index is 11.7. The molecule has 1 unspecified atom stereocenters. The molecule has 0 saturated carbocycles. The van der Waals surface area contributed by atoms with E-state index in [9.17, 15) is 4.39 Å². The summed E-state index contributed by atoms with van der Waals surface area (Å²) < 4.78 is 21.7. The summed E-state index contributed by atoms with van der Waals surface area (Å²) in [5, 5.41) is 3.08. The number of alkyl halides is 1. The number of nitrogens with one attached hydrogen (secondary N) is 1. The molecule has 0 spiro atoms. The molecule has 12 heavy (non-hydrogen) atoms. The van der Waals surface area contributed by atoms with Gasteiger partial charge < -0.3 is 14.8 Å². The van der Waals surface area contributed by atoms with Crippen LogP contribution in [0.4, 0.5) is 4.39 Å². The molecule has 0 aliphatic heterocycles. The van der Waals surface area contributed by atoms with E-state index in [-0.39, 0.29) is 12.8 Å². The highest BCUT2D eigenvalue weighted by Crippen LogP contribution is 1.88. The number of rotatable bonds is 8. The molecule has 0 fully saturated rings. The summed E-state index contributed by atoms with van der Waals surface area (Å²) in [6, 6.07) is 0. The fourth-order valence-corrected chi connectivity index (χ4v) is 0.851. The maximum Gasteiger partial charge on any atom is 0.0928 e. The zero-order valence-corrected chi connectivity index (χ0v) is 7.81. The molecule has 74 valence electrons. The highest BCUT2D eigenvalue weighted by molar-refractivity contribution is 4.59. The van der Waals surface area contributed by atoms with Gasteiger partial charge in [0.1, 0.15) is 0 Å². The van der Waals surface area contributed by atoms with Crippen molar-refractivity contribution >= 4 is 0 Å². The third kappa shape index (κ3) is 6.52. The van der Waals surface area contributed by atoms with Crippen molar-refractivity contribution in [3.8, 4) is 0 Å². The summed E-state index contributed by atoms with van der Waals surface area (Å²) in [5.74, 6) is 0. The zero-order valence-electron chi connectivity index (χ0n) is 7.81. The van der Waals surface area contributed by atoms with Crippen LogP contribution in [0.25, 0.3) is 0 Å². The predicted octanol–water partition coefficient (Wildman–Crippen LogP) is 0.597. The first-order chi connectivity index (χ1) is 5.85. The van der Waals surface area contributed by atoms with Gasteiger partial charge in [0.25, 0.3) is 0 Å². The number of hydrogen-bond donors (Lipinski definition) is 1. The van der Waals surface area contributed by atoms with Crippen LogP contribution in [0.3, 0.4) is 0 Å². The molecule has 4 heteroatoms. The van der Waals surface area contributed by atoms with E-state index in [1.807, 2.05) is 0 Å². The van der Waals surface area contributed by atoms with Gasteiger partial charge in [-0.1, -0.05) is 0 Å². The summed E-state index contributed by atoms with van der Waals surface area (Å²) in [5.41, 5.74) is 0. The quantitative estimate of drug-likeness (QED) is 0.553. The molecule has 0 radical (unpaired) electrons. The molecular weight excluding hydrogens is 161 g/mol. The summed E-state index contributed by atoms with van der Waals surface area (Å²) in [7, 11) is 3.27. The lowest BCUT2D eigenvalue weighted by Crippen LogP contribution is -2.32. The lowest BCUT2D eigenvalue weighted by Gasteiger charge is -2.14. The Balaban J connectivity index is 3.19. The van der Waals surface area contributed by atoms with Crippen molar-refractivity contribution in [2.24, 2.45) is 0 Å². The first kappa shape index (κ1) is 11.8. The van der Waals surface area contributed by atoms with Crippen molar-refractivity contribution in [3.63, 3.8) is 0 Å². The molecule has 0 amide bonds. The molecule has 0 heterocycles. The Labute approximate surface area is 73.2 Å². The molecule has 0 aliphatic rings. The third-order valence-electron chi connectivity index (χ3n) is 1.55. The van der Waals surface area contributed by atoms with Gasteiger partial charge in [0.2, 0.25) is 0 Å². The summed E-state index contributed by atoms with van der Waals surface area (Å²) >= 11 is 0. The number of methoxy groups -OCH3 is 2. The normalized spacial score (nSPS) is 13.2. The van der Waals surface area contributed by atoms with Crippen molar-refractivity contribution in [1.29, 1.82) is 0 Å². The molecule has 1 N–H and O–H groups in total. The first-order valence-corrected chi connectivity index (χ1v) is 4.13. The molecule has 0 aromatic rings. The second-order valence-electron chi connectivity index (χ2n) is 2.56. The van der Waals surface area contributed by atoms with Crippen molar-refractivity contribution in [2.45, 2.75) is 12.5 Å². The Morgan fingerprint density at radius 2 is 2.17 bits per heavy atom. The van der Waals surface area contributed by atoms with Gasteiger partial charge in [-0.25, -0.2) is 0 Å². The lowest BCUT2D eigenvalue weighted by atomic mass is 10.3. The first-order valence-electron chi connectivity index (χ1n) is 4.13. The van der Waals surface area contributed by atoms with E-state index in [1.54, 1.807) is 14.2 Å². The second-order valence-corrected chi connectivity index (χ2v) is 2.56. The monoisotopic (exact) mass is 179 g/mol. The molecule has 0 bridgehead atoms. The molecule has 1 atom stereocenters. The van der Waals surface area contributed by atoms with Crippen molar-refractivity contribution in [2.75, 3.05) is 40.6 Å². The molecule has 0 rings (SSSR count). The maximum atomic E-state index is 11.7. The highest BCUT2D eigenvalue weighted by Gasteiger charge is 2.04. The fourth-order valence-electron chi connectivity index (χ4n) is 0.851. The van der Waals surface area contributed by atoms with Crippen LogP contribution in [0.2, 0.25) is 0 Å². The third-order valence-corrected chi connectivity index (χ3v) is 1.55. The van der Waals surface area contributed by atoms with Crippen LogP contribution in [0.1, 0.15) is 6.42 Å². The van der Waals surface area contributed by atoms with Crippen LogP contribution in [0.15, 0.2) is 0 Å². The van der Waals surface area contributed by atoms with Crippen LogP contribution < -0.4 is 5.32 Å². The number of halogens is 1. The van der Waals surface area contributed by atoms with Gasteiger partial charge in [0.05, 0.1) is 19.4 Å². The average molecular weight is 179 g/mol. The van der Waals surface area contributed by atoms with E-state index < -0.39 is 0 Å². The Hall–Kier alpha value is -0.190. The van der Waals surface area contributed by atoms with E-state index in [1.165, 1.54) is 0 Å². The second kappa shape index (κ2) is 8.90. The van der Waals surface area contributed by atoms with Gasteiger partial charge in [0, 0.05) is 20.8 Å². The smallest absolute Gasteiger partial charge is 0.0928 e. The SMILES string of the molecule is COCC(CNCCCF)OC. The van der Waals surface area contributed by atoms with E-state index in [4.69, 9.17) is 9.47 Å². The van der Waals surface area contributed by atoms with Crippen molar-refractivity contribution < 1.29 is 13.9 Å². The summed E-state index contributed by atoms with van der Waals surface area (Å²) in [6.45, 7) is 1.71. The summed E-state index contributed by atoms with van der Waals surface area (Å²) in [6.07, 6.45) is 0.623. The standard InChI is InChI=1S/C8H18FNO2/c1-11-7-8(12-2)6-10-5-3-4-9/h8,10H,3-7H2,1-2H3. The van der Waals surface area contributed by atoms with Gasteiger partial charge in [-0.05, 0) is 13.0 Å². The minimum absolute atomic E-state index is 0.0645. The number of hydrogen-bond acceptors (Lipinski definition) is 3. The zero-order chi connectivity index (χ0) is 9.23. The van der Waals surface area contributed by atoms with Crippen LogP contribution >= 0.6 is 0 Å². The van der Waals surface area contributed by atoms with Gasteiger partial charge in [-0.15, -0.1) is 0 Å². The van der Waals surface area contributed by atoms with Gasteiger partial charge in [-0.2, -0.15) is 0 Å². The van der Waals surface area contributed by atoms with Crippen molar-refractivity contribution in [3.05, 3.63) is 0 Å². The van der Waals surface area contributed by atoms with Gasteiger partial charge in [-0.3, -0.25) is 4.39 Å². The Morgan fingerprint density at radius 1 is 1.42 bits per heavy atom. The Kier molecular flexibility index (Phi) is 8.76. The molecule has 0 aromatic heterocycles. The summed E-state index contributed by atoms with van der Waals surface area (Å²) in [4.78, 5) is 0. The van der Waals surface area contributed by atoms with Crippen LogP contribution in [-0.2, 0) is 9.47 Å². The largest absolute Gasteiger partial charge is 0.382 e. The Bertz CT molecular complexity index is 93.1. The predicted molar refractivity (Wildman–Crippen MR) is 46.1 cm³/mol. The van der Waals surface area contributed by atoms with Crippen LogP contribution in [-0.4, -0.2) is 46.7 Å². The van der Waals surface area contributed by atoms with E-state index in [0.717, 1.165) is 0 Å². The highest BCUT2D eigenvalue weighted by atomic mass is 19.1. The minimum atomic E-state index is -0.269. The van der Waals surface area contributed by atoms with Crippen LogP contribution in [0, 0.1) is 0 Å². The van der Waals surface area contributed by atoms with Gasteiger partial charge in [0.15, 0.2) is 0 Å².